The van der Waals surface area contributed by atoms with E-state index in [-0.39, 0.29) is 10.6 Å². The lowest BCUT2D eigenvalue weighted by atomic mass is 10.2. The summed E-state index contributed by atoms with van der Waals surface area (Å²) >= 11 is 1.16. The molecule has 0 bridgehead atoms. The number of nitriles is 1. The molecule has 0 fully saturated rings. The monoisotopic (exact) mass is 283 g/mol. The zero-order valence-corrected chi connectivity index (χ0v) is 12.0. The van der Waals surface area contributed by atoms with E-state index < -0.39 is 5.97 Å². The molecule has 1 aromatic heterocycles. The Morgan fingerprint density at radius 3 is 2.79 bits per heavy atom. The number of nitrogens with two attached hydrogens (primary N) is 1. The van der Waals surface area contributed by atoms with E-state index in [0.717, 1.165) is 11.3 Å². The van der Waals surface area contributed by atoms with Gasteiger partial charge < -0.3 is 20.1 Å². The summed E-state index contributed by atoms with van der Waals surface area (Å²) in [5.41, 5.74) is 6.30. The van der Waals surface area contributed by atoms with Crippen molar-refractivity contribution >= 4 is 28.0 Å². The predicted octanol–water partition coefficient (Wildman–Crippen LogP) is 1.46. The Morgan fingerprint density at radius 2 is 2.26 bits per heavy atom. The Hall–Kier alpha value is -1.78. The summed E-state index contributed by atoms with van der Waals surface area (Å²) in [6.45, 7) is 3.71. The maximum Gasteiger partial charge on any atom is 0.350 e. The number of carbonyl (C=O) groups is 1. The minimum absolute atomic E-state index is 0.178. The lowest BCUT2D eigenvalue weighted by Crippen LogP contribution is -2.22. The van der Waals surface area contributed by atoms with E-state index in [1.165, 1.54) is 7.11 Å². The van der Waals surface area contributed by atoms with E-state index in [2.05, 4.69) is 4.74 Å². The zero-order valence-electron chi connectivity index (χ0n) is 11.2. The lowest BCUT2D eigenvalue weighted by molar-refractivity contribution is 0.0607. The van der Waals surface area contributed by atoms with Crippen molar-refractivity contribution in [2.75, 3.05) is 44.5 Å². The van der Waals surface area contributed by atoms with E-state index >= 15 is 0 Å². The third-order valence-corrected chi connectivity index (χ3v) is 3.83. The van der Waals surface area contributed by atoms with Crippen molar-refractivity contribution in [1.82, 2.24) is 0 Å². The van der Waals surface area contributed by atoms with Gasteiger partial charge in [0.15, 0.2) is 0 Å². The zero-order chi connectivity index (χ0) is 14.4. The van der Waals surface area contributed by atoms with Crippen molar-refractivity contribution in [3.05, 3.63) is 10.4 Å². The first-order valence-corrected chi connectivity index (χ1v) is 6.58. The molecule has 0 spiro atoms. The van der Waals surface area contributed by atoms with Crippen LogP contribution < -0.4 is 10.6 Å². The highest BCUT2D eigenvalue weighted by Gasteiger charge is 2.23. The molecule has 2 N–H and O–H groups in total. The van der Waals surface area contributed by atoms with Crippen LogP contribution >= 0.6 is 11.3 Å². The number of thiophene rings is 1. The maximum absolute atomic E-state index is 11.6. The number of hydrogen-bond acceptors (Lipinski definition) is 7. The van der Waals surface area contributed by atoms with E-state index in [4.69, 9.17) is 15.7 Å². The second-order valence-electron chi connectivity index (χ2n) is 3.75. The molecule has 1 aromatic rings. The molecule has 104 valence electrons. The molecule has 0 aliphatic rings. The van der Waals surface area contributed by atoms with Crippen LogP contribution in [0.1, 0.15) is 22.2 Å². The van der Waals surface area contributed by atoms with Crippen molar-refractivity contribution in [3.8, 4) is 6.07 Å². The summed E-state index contributed by atoms with van der Waals surface area (Å²) in [7, 11) is 3.11. The molecule has 1 heterocycles. The fraction of sp³-hybridized carbons (Fsp3) is 0.500. The van der Waals surface area contributed by atoms with Crippen LogP contribution in [0.5, 0.6) is 0 Å². The minimum atomic E-state index is -0.525. The van der Waals surface area contributed by atoms with Gasteiger partial charge in [-0.3, -0.25) is 0 Å². The van der Waals surface area contributed by atoms with Crippen molar-refractivity contribution in [1.29, 1.82) is 5.26 Å². The average Bonchev–Trinajstić information content (AvgIpc) is 2.75. The van der Waals surface area contributed by atoms with Gasteiger partial charge in [-0.25, -0.2) is 4.79 Å². The SMILES string of the molecule is CCOCCN(C)c1sc(C(=O)OC)c(N)c1C#N. The number of ether oxygens (including phenoxy) is 2. The molecule has 1 rings (SSSR count). The van der Waals surface area contributed by atoms with Crippen LogP contribution in [0.3, 0.4) is 0 Å². The van der Waals surface area contributed by atoms with Crippen LogP contribution in [0.15, 0.2) is 0 Å². The average molecular weight is 283 g/mol. The summed E-state index contributed by atoms with van der Waals surface area (Å²) in [6.07, 6.45) is 0. The standard InChI is InChI=1S/C12H17N3O3S/c1-4-18-6-5-15(2)11-8(7-13)9(14)10(19-11)12(16)17-3/h4-6,14H2,1-3H3. The molecule has 0 radical (unpaired) electrons. The molecule has 6 nitrogen and oxygen atoms in total. The number of rotatable bonds is 6. The van der Waals surface area contributed by atoms with Gasteiger partial charge in [-0.1, -0.05) is 0 Å². The van der Waals surface area contributed by atoms with Gasteiger partial charge in [0.05, 0.1) is 19.4 Å². The van der Waals surface area contributed by atoms with Gasteiger partial charge in [-0.05, 0) is 6.92 Å². The molecule has 0 atom stereocenters. The topological polar surface area (TPSA) is 88.6 Å². The summed E-state index contributed by atoms with van der Waals surface area (Å²) in [4.78, 5) is 13.7. The van der Waals surface area contributed by atoms with Gasteiger partial charge >= 0.3 is 5.97 Å². The Balaban J connectivity index is 3.00. The highest BCUT2D eigenvalue weighted by atomic mass is 32.1. The van der Waals surface area contributed by atoms with Gasteiger partial charge in [-0.2, -0.15) is 5.26 Å². The van der Waals surface area contributed by atoms with Gasteiger partial charge in [0, 0.05) is 20.2 Å². The third-order valence-electron chi connectivity index (χ3n) is 2.53. The molecule has 0 aliphatic carbocycles. The highest BCUT2D eigenvalue weighted by Crippen LogP contribution is 2.37. The van der Waals surface area contributed by atoms with E-state index in [1.54, 1.807) is 0 Å². The molecule has 0 saturated carbocycles. The normalized spacial score (nSPS) is 10.0. The van der Waals surface area contributed by atoms with Gasteiger partial charge in [0.25, 0.3) is 0 Å². The Kier molecular flexibility index (Phi) is 5.60. The number of esters is 1. The highest BCUT2D eigenvalue weighted by molar-refractivity contribution is 7.18. The summed E-state index contributed by atoms with van der Waals surface area (Å²) in [5, 5.41) is 9.81. The fourth-order valence-electron chi connectivity index (χ4n) is 1.50. The molecule has 0 aliphatic heterocycles. The number of carbonyl (C=O) groups excluding carboxylic acids is 1. The van der Waals surface area contributed by atoms with E-state index in [0.29, 0.717) is 30.3 Å². The van der Waals surface area contributed by atoms with Gasteiger partial charge in [0.2, 0.25) is 0 Å². The van der Waals surface area contributed by atoms with Crippen LogP contribution in [0.4, 0.5) is 10.7 Å². The van der Waals surface area contributed by atoms with Crippen molar-refractivity contribution in [2.45, 2.75) is 6.92 Å². The van der Waals surface area contributed by atoms with Crippen LogP contribution in [0, 0.1) is 11.3 Å². The first-order valence-electron chi connectivity index (χ1n) is 5.76. The third kappa shape index (κ3) is 3.36. The lowest BCUT2D eigenvalue weighted by Gasteiger charge is -2.17. The van der Waals surface area contributed by atoms with E-state index in [9.17, 15) is 4.79 Å². The molecule has 19 heavy (non-hydrogen) atoms. The van der Waals surface area contributed by atoms with Crippen molar-refractivity contribution in [3.63, 3.8) is 0 Å². The smallest absolute Gasteiger partial charge is 0.350 e. The molecular formula is C12H17N3O3S. The quantitative estimate of drug-likeness (QED) is 0.628. The van der Waals surface area contributed by atoms with Crippen molar-refractivity contribution < 1.29 is 14.3 Å². The molecule has 7 heteroatoms. The molecular weight excluding hydrogens is 266 g/mol. The Labute approximate surface area is 116 Å². The Bertz CT molecular complexity index is 493. The van der Waals surface area contributed by atoms with E-state index in [1.807, 2.05) is 24.9 Å². The van der Waals surface area contributed by atoms with Crippen LogP contribution in [0.25, 0.3) is 0 Å². The summed E-state index contributed by atoms with van der Waals surface area (Å²) < 4.78 is 9.91. The predicted molar refractivity (Wildman–Crippen MR) is 74.5 cm³/mol. The molecule has 0 unspecified atom stereocenters. The maximum atomic E-state index is 11.6. The van der Waals surface area contributed by atoms with Gasteiger partial charge in [0.1, 0.15) is 21.5 Å². The summed E-state index contributed by atoms with van der Waals surface area (Å²) in [5.74, 6) is -0.525. The molecule has 0 amide bonds. The van der Waals surface area contributed by atoms with Crippen LogP contribution in [0.2, 0.25) is 0 Å². The largest absolute Gasteiger partial charge is 0.465 e. The number of nitrogen functional groups attached to an aromatic ring is 1. The second-order valence-corrected chi connectivity index (χ2v) is 4.75. The van der Waals surface area contributed by atoms with Crippen LogP contribution in [-0.2, 0) is 9.47 Å². The number of nitrogens with zero attached hydrogens (tertiary/aromatic N) is 2. The molecule has 0 aromatic carbocycles. The van der Waals surface area contributed by atoms with Crippen LogP contribution in [-0.4, -0.2) is 39.9 Å². The number of anilines is 2. The Morgan fingerprint density at radius 1 is 1.58 bits per heavy atom. The first kappa shape index (κ1) is 15.3. The minimum Gasteiger partial charge on any atom is -0.465 e. The number of methoxy groups -OCH3 is 1. The number of likely N-dealkylation sites (N-methyl/N-ethyl adjacent to an activating group) is 1. The summed E-state index contributed by atoms with van der Waals surface area (Å²) in [6, 6.07) is 2.03. The molecule has 0 saturated heterocycles. The second kappa shape index (κ2) is 6.97. The van der Waals surface area contributed by atoms with Gasteiger partial charge in [-0.15, -0.1) is 11.3 Å². The van der Waals surface area contributed by atoms with Crippen molar-refractivity contribution in [2.24, 2.45) is 0 Å². The number of hydrogen-bond donors (Lipinski definition) is 1. The first-order chi connectivity index (χ1) is 9.06. The fourth-order valence-corrected chi connectivity index (χ4v) is 2.58.